The zero-order valence-corrected chi connectivity index (χ0v) is 19.4. The summed E-state index contributed by atoms with van der Waals surface area (Å²) in [4.78, 5) is 30.5. The van der Waals surface area contributed by atoms with Crippen LogP contribution in [0.15, 0.2) is 71.3 Å². The second-order valence-electron chi connectivity index (χ2n) is 7.29. The number of ether oxygens (including phenoxy) is 1. The Morgan fingerprint density at radius 3 is 2.21 bits per heavy atom. The standard InChI is InChI=1S/C24H19BrF4N2O3/c1-15(32)34-22(16-2-7-19(26)8-3-16)23(33)31(21-10-5-18(25)6-11-21)13-12-20-9-4-17(14-30-20)24(27,28)29/h2-11,14,22H,12-13H2,1H3. The van der Waals surface area contributed by atoms with Crippen LogP contribution < -0.4 is 4.90 Å². The molecule has 0 radical (unpaired) electrons. The van der Waals surface area contributed by atoms with Crippen molar-refractivity contribution in [3.8, 4) is 0 Å². The summed E-state index contributed by atoms with van der Waals surface area (Å²) in [6, 6.07) is 13.9. The Hall–Kier alpha value is -3.27. The summed E-state index contributed by atoms with van der Waals surface area (Å²) in [5.74, 6) is -1.82. The van der Waals surface area contributed by atoms with Gasteiger partial charge in [-0.25, -0.2) is 4.39 Å². The number of halogens is 5. The van der Waals surface area contributed by atoms with E-state index >= 15 is 0 Å². The molecule has 0 fully saturated rings. The number of esters is 1. The third-order valence-electron chi connectivity index (χ3n) is 4.83. The molecule has 0 aliphatic carbocycles. The Morgan fingerprint density at radius 1 is 1.03 bits per heavy atom. The van der Waals surface area contributed by atoms with E-state index in [2.05, 4.69) is 20.9 Å². The normalized spacial score (nSPS) is 12.2. The SMILES string of the molecule is CC(=O)OC(C(=O)N(CCc1ccc(C(F)(F)F)cn1)c1ccc(Br)cc1)c1ccc(F)cc1. The van der Waals surface area contributed by atoms with E-state index in [1.54, 1.807) is 24.3 Å². The van der Waals surface area contributed by atoms with E-state index in [1.807, 2.05) is 0 Å². The van der Waals surface area contributed by atoms with Crippen molar-refractivity contribution in [2.75, 3.05) is 11.4 Å². The highest BCUT2D eigenvalue weighted by molar-refractivity contribution is 9.10. The Labute approximate surface area is 201 Å². The molecule has 3 rings (SSSR count). The van der Waals surface area contributed by atoms with Crippen LogP contribution in [0.25, 0.3) is 0 Å². The van der Waals surface area contributed by atoms with Crippen molar-refractivity contribution in [2.45, 2.75) is 25.6 Å². The van der Waals surface area contributed by atoms with Crippen molar-refractivity contribution in [1.82, 2.24) is 4.98 Å². The predicted octanol–water partition coefficient (Wildman–Crippen LogP) is 5.88. The largest absolute Gasteiger partial charge is 0.447 e. The fourth-order valence-corrected chi connectivity index (χ4v) is 3.42. The van der Waals surface area contributed by atoms with Gasteiger partial charge in [0.05, 0.1) is 5.56 Å². The van der Waals surface area contributed by atoms with Gasteiger partial charge in [0.25, 0.3) is 5.91 Å². The summed E-state index contributed by atoms with van der Waals surface area (Å²) >= 11 is 3.32. The van der Waals surface area contributed by atoms with Gasteiger partial charge in [-0.1, -0.05) is 28.1 Å². The Kier molecular flexibility index (Phi) is 8.03. The third-order valence-corrected chi connectivity index (χ3v) is 5.36. The van der Waals surface area contributed by atoms with E-state index < -0.39 is 35.5 Å². The highest BCUT2D eigenvalue weighted by Crippen LogP contribution is 2.29. The minimum Gasteiger partial charge on any atom is -0.447 e. The molecule has 1 amide bonds. The van der Waals surface area contributed by atoms with Gasteiger partial charge in [0.15, 0.2) is 0 Å². The summed E-state index contributed by atoms with van der Waals surface area (Å²) in [6.07, 6.45) is -4.98. The van der Waals surface area contributed by atoms with Crippen LogP contribution in [0.4, 0.5) is 23.2 Å². The molecule has 1 atom stereocenters. The summed E-state index contributed by atoms with van der Waals surface area (Å²) in [7, 11) is 0. The van der Waals surface area contributed by atoms with Crippen molar-refractivity contribution in [1.29, 1.82) is 0 Å². The molecule has 1 aromatic heterocycles. The third kappa shape index (κ3) is 6.63. The van der Waals surface area contributed by atoms with Gasteiger partial charge in [0.2, 0.25) is 6.10 Å². The van der Waals surface area contributed by atoms with Crippen LogP contribution in [0.1, 0.15) is 29.8 Å². The van der Waals surface area contributed by atoms with Crippen molar-refractivity contribution in [3.05, 3.63) is 94.0 Å². The monoisotopic (exact) mass is 538 g/mol. The van der Waals surface area contributed by atoms with E-state index in [4.69, 9.17) is 4.74 Å². The first-order valence-corrected chi connectivity index (χ1v) is 10.9. The van der Waals surface area contributed by atoms with E-state index in [0.717, 1.165) is 35.8 Å². The molecular formula is C24H19BrF4N2O3. The van der Waals surface area contributed by atoms with Crippen molar-refractivity contribution in [2.24, 2.45) is 0 Å². The smallest absolute Gasteiger partial charge is 0.417 e. The summed E-state index contributed by atoms with van der Waals surface area (Å²) in [5.41, 5.74) is 0.216. The molecule has 3 aromatic rings. The van der Waals surface area contributed by atoms with Crippen molar-refractivity contribution >= 4 is 33.5 Å². The number of carbonyl (C=O) groups is 2. The van der Waals surface area contributed by atoms with Gasteiger partial charge in [-0.3, -0.25) is 14.6 Å². The highest BCUT2D eigenvalue weighted by atomic mass is 79.9. The lowest BCUT2D eigenvalue weighted by Crippen LogP contribution is -2.38. The minimum absolute atomic E-state index is 0.0395. The first kappa shape index (κ1) is 25.4. The number of benzene rings is 2. The van der Waals surface area contributed by atoms with Crippen molar-refractivity contribution < 1.29 is 31.9 Å². The molecule has 178 valence electrons. The number of carbonyl (C=O) groups excluding carboxylic acids is 2. The van der Waals surface area contributed by atoms with Crippen LogP contribution in [0.3, 0.4) is 0 Å². The fourth-order valence-electron chi connectivity index (χ4n) is 3.16. The lowest BCUT2D eigenvalue weighted by atomic mass is 10.1. The molecule has 34 heavy (non-hydrogen) atoms. The highest BCUT2D eigenvalue weighted by Gasteiger charge is 2.31. The molecule has 10 heteroatoms. The number of rotatable bonds is 7. The van der Waals surface area contributed by atoms with Crippen LogP contribution in [0.2, 0.25) is 0 Å². The van der Waals surface area contributed by atoms with E-state index in [-0.39, 0.29) is 18.5 Å². The number of hydrogen-bond acceptors (Lipinski definition) is 4. The molecule has 0 N–H and O–H groups in total. The molecule has 1 heterocycles. The van der Waals surface area contributed by atoms with Gasteiger partial charge in [-0.05, 0) is 48.5 Å². The Bertz CT molecular complexity index is 1130. The molecule has 0 spiro atoms. The summed E-state index contributed by atoms with van der Waals surface area (Å²) in [5, 5.41) is 0. The zero-order chi connectivity index (χ0) is 24.9. The van der Waals surface area contributed by atoms with Gasteiger partial charge in [-0.2, -0.15) is 13.2 Å². The first-order valence-electron chi connectivity index (χ1n) is 10.1. The number of hydrogen-bond donors (Lipinski definition) is 0. The van der Waals surface area contributed by atoms with E-state index in [9.17, 15) is 27.2 Å². The number of anilines is 1. The second kappa shape index (κ2) is 10.8. The van der Waals surface area contributed by atoms with Gasteiger partial charge >= 0.3 is 12.1 Å². The first-order chi connectivity index (χ1) is 16.0. The van der Waals surface area contributed by atoms with Crippen LogP contribution in [-0.2, 0) is 26.9 Å². The number of amides is 1. The minimum atomic E-state index is -4.50. The Balaban J connectivity index is 1.90. The lowest BCUT2D eigenvalue weighted by Gasteiger charge is -2.27. The Morgan fingerprint density at radius 2 is 1.68 bits per heavy atom. The van der Waals surface area contributed by atoms with E-state index in [1.165, 1.54) is 23.1 Å². The van der Waals surface area contributed by atoms with Crippen LogP contribution in [0, 0.1) is 5.82 Å². The molecule has 2 aromatic carbocycles. The van der Waals surface area contributed by atoms with Gasteiger partial charge in [0.1, 0.15) is 5.82 Å². The maximum absolute atomic E-state index is 13.5. The van der Waals surface area contributed by atoms with Crippen LogP contribution in [-0.4, -0.2) is 23.4 Å². The summed E-state index contributed by atoms with van der Waals surface area (Å²) in [6.45, 7) is 1.19. The molecule has 0 bridgehead atoms. The number of pyridine rings is 1. The average molecular weight is 539 g/mol. The number of aromatic nitrogens is 1. The van der Waals surface area contributed by atoms with E-state index in [0.29, 0.717) is 11.4 Å². The molecule has 0 aliphatic heterocycles. The quantitative estimate of drug-likeness (QED) is 0.278. The summed E-state index contributed by atoms with van der Waals surface area (Å²) < 4.78 is 57.9. The predicted molar refractivity (Wildman–Crippen MR) is 120 cm³/mol. The van der Waals surface area contributed by atoms with Gasteiger partial charge in [0, 0.05) is 47.5 Å². The second-order valence-corrected chi connectivity index (χ2v) is 8.21. The van der Waals surface area contributed by atoms with Crippen LogP contribution in [0.5, 0.6) is 0 Å². The zero-order valence-electron chi connectivity index (χ0n) is 17.9. The van der Waals surface area contributed by atoms with Crippen molar-refractivity contribution in [3.63, 3.8) is 0 Å². The fraction of sp³-hybridized carbons (Fsp3) is 0.208. The molecule has 0 aliphatic rings. The number of alkyl halides is 3. The lowest BCUT2D eigenvalue weighted by molar-refractivity contribution is -0.153. The van der Waals surface area contributed by atoms with Gasteiger partial charge in [-0.15, -0.1) is 0 Å². The molecule has 0 saturated carbocycles. The molecule has 1 unspecified atom stereocenters. The van der Waals surface area contributed by atoms with Gasteiger partial charge < -0.3 is 9.64 Å². The molecular weight excluding hydrogens is 520 g/mol. The maximum atomic E-state index is 13.5. The molecule has 5 nitrogen and oxygen atoms in total. The number of nitrogens with zero attached hydrogens (tertiary/aromatic N) is 2. The molecule has 0 saturated heterocycles. The maximum Gasteiger partial charge on any atom is 0.417 e. The van der Waals surface area contributed by atoms with Crippen LogP contribution >= 0.6 is 15.9 Å². The average Bonchev–Trinajstić information content (AvgIpc) is 2.79. The topological polar surface area (TPSA) is 59.5 Å².